The van der Waals surface area contributed by atoms with Crippen LogP contribution >= 0.6 is 12.2 Å². The van der Waals surface area contributed by atoms with Crippen molar-refractivity contribution in [2.75, 3.05) is 6.54 Å². The second-order valence-corrected chi connectivity index (χ2v) is 8.21. The van der Waals surface area contributed by atoms with Crippen LogP contribution in [0.4, 0.5) is 0 Å². The van der Waals surface area contributed by atoms with E-state index in [1.165, 1.54) is 5.56 Å². The molecule has 2 aromatic carbocycles. The molecule has 0 unspecified atom stereocenters. The average Bonchev–Trinajstić information content (AvgIpc) is 3.10. The van der Waals surface area contributed by atoms with E-state index in [0.717, 1.165) is 39.8 Å². The molecular formula is C23H22N4O2S. The van der Waals surface area contributed by atoms with E-state index in [0.29, 0.717) is 6.54 Å². The van der Waals surface area contributed by atoms with Crippen molar-refractivity contribution in [3.05, 3.63) is 85.5 Å². The van der Waals surface area contributed by atoms with Gasteiger partial charge < -0.3 is 15.4 Å². The summed E-state index contributed by atoms with van der Waals surface area (Å²) in [5, 5.41) is 15.8. The molecule has 0 saturated carbocycles. The Morgan fingerprint density at radius 3 is 2.77 bits per heavy atom. The molecule has 152 valence electrons. The van der Waals surface area contributed by atoms with Gasteiger partial charge in [-0.25, -0.2) is 0 Å². The number of aryl methyl sites for hydroxylation is 2. The first-order valence-electron chi connectivity index (χ1n) is 9.94. The van der Waals surface area contributed by atoms with Gasteiger partial charge in [-0.05, 0) is 61.3 Å². The van der Waals surface area contributed by atoms with Gasteiger partial charge in [0.05, 0.1) is 11.7 Å². The number of aromatic nitrogens is 3. The summed E-state index contributed by atoms with van der Waals surface area (Å²) in [6, 6.07) is 13.6. The summed E-state index contributed by atoms with van der Waals surface area (Å²) in [7, 11) is 0. The Bertz CT molecular complexity index is 1410. The number of para-hydroxylation sites is 1. The van der Waals surface area contributed by atoms with Crippen LogP contribution in [0.25, 0.3) is 16.6 Å². The number of nitrogens with one attached hydrogen (secondary N) is 3. The molecule has 2 aromatic heterocycles. The maximum Gasteiger partial charge on any atom is 0.260 e. The minimum absolute atomic E-state index is 0.138. The topological polar surface area (TPSA) is 85.8 Å². The molecule has 5 rings (SSSR count). The van der Waals surface area contributed by atoms with Crippen molar-refractivity contribution in [3.8, 4) is 11.6 Å². The molecule has 0 amide bonds. The number of H-pyrrole nitrogens is 2. The molecule has 7 heteroatoms. The standard InChI is InChI=1S/C23H22N4O2S/c1-12-7-8-13(2)17(11-12)27-22(29)18(21(28)26-23(27)30)20-19-15(9-10-24-20)14-5-3-4-6-16(14)25-19/h3-8,11,20,24-25,29H,9-10H2,1-2H3,(H,26,28,30)/t20-/m1/s1. The van der Waals surface area contributed by atoms with Gasteiger partial charge >= 0.3 is 0 Å². The van der Waals surface area contributed by atoms with Gasteiger partial charge in [-0.3, -0.25) is 14.3 Å². The number of nitrogens with zero attached hydrogens (tertiary/aromatic N) is 1. The van der Waals surface area contributed by atoms with Gasteiger partial charge in [-0.1, -0.05) is 30.3 Å². The fraction of sp³-hybridized carbons (Fsp3) is 0.217. The van der Waals surface area contributed by atoms with Gasteiger partial charge in [0.2, 0.25) is 5.88 Å². The second kappa shape index (κ2) is 6.97. The van der Waals surface area contributed by atoms with E-state index < -0.39 is 6.04 Å². The van der Waals surface area contributed by atoms with Crippen molar-refractivity contribution in [3.63, 3.8) is 0 Å². The van der Waals surface area contributed by atoms with Crippen LogP contribution in [0.2, 0.25) is 0 Å². The van der Waals surface area contributed by atoms with Crippen LogP contribution in [-0.2, 0) is 6.42 Å². The molecular weight excluding hydrogens is 396 g/mol. The zero-order valence-corrected chi connectivity index (χ0v) is 17.6. The van der Waals surface area contributed by atoms with Gasteiger partial charge in [-0.2, -0.15) is 0 Å². The number of rotatable bonds is 2. The molecule has 4 aromatic rings. The van der Waals surface area contributed by atoms with Crippen LogP contribution < -0.4 is 10.9 Å². The smallest absolute Gasteiger partial charge is 0.260 e. The Kier molecular flexibility index (Phi) is 4.38. The molecule has 0 fully saturated rings. The monoisotopic (exact) mass is 418 g/mol. The SMILES string of the molecule is Cc1ccc(C)c(-n2c(O)c([C@H]3NCCc4c3[nH]c3ccccc43)c(=O)[nH]c2=S)c1. The highest BCUT2D eigenvalue weighted by atomic mass is 32.1. The molecule has 3 heterocycles. The van der Waals surface area contributed by atoms with Crippen LogP contribution in [0.5, 0.6) is 5.88 Å². The summed E-state index contributed by atoms with van der Waals surface area (Å²) < 4.78 is 1.72. The Hall–Kier alpha value is -3.16. The van der Waals surface area contributed by atoms with Crippen LogP contribution in [0, 0.1) is 18.6 Å². The first-order chi connectivity index (χ1) is 14.5. The van der Waals surface area contributed by atoms with Crippen LogP contribution in [-0.4, -0.2) is 26.2 Å². The van der Waals surface area contributed by atoms with Crippen molar-refractivity contribution in [1.29, 1.82) is 0 Å². The zero-order valence-electron chi connectivity index (χ0n) is 16.7. The van der Waals surface area contributed by atoms with Crippen molar-refractivity contribution in [1.82, 2.24) is 19.9 Å². The van der Waals surface area contributed by atoms with Gasteiger partial charge in [0.25, 0.3) is 5.56 Å². The molecule has 0 spiro atoms. The summed E-state index contributed by atoms with van der Waals surface area (Å²) in [4.78, 5) is 19.2. The second-order valence-electron chi connectivity index (χ2n) is 7.82. The quantitative estimate of drug-likeness (QED) is 0.372. The first-order valence-corrected chi connectivity index (χ1v) is 10.3. The lowest BCUT2D eigenvalue weighted by molar-refractivity contribution is 0.411. The minimum atomic E-state index is -0.461. The lowest BCUT2D eigenvalue weighted by Gasteiger charge is -2.26. The molecule has 0 bridgehead atoms. The number of fused-ring (bicyclic) bond motifs is 3. The molecule has 1 aliphatic rings. The highest BCUT2D eigenvalue weighted by Crippen LogP contribution is 2.36. The molecule has 1 aliphatic heterocycles. The summed E-state index contributed by atoms with van der Waals surface area (Å²) >= 11 is 5.42. The van der Waals surface area contributed by atoms with E-state index in [9.17, 15) is 9.90 Å². The lowest BCUT2D eigenvalue weighted by atomic mass is 9.95. The molecule has 0 saturated heterocycles. The van der Waals surface area contributed by atoms with Crippen molar-refractivity contribution in [2.45, 2.75) is 26.3 Å². The molecule has 0 radical (unpaired) electrons. The largest absolute Gasteiger partial charge is 0.494 e. The summed E-state index contributed by atoms with van der Waals surface area (Å²) in [6.45, 7) is 4.64. The normalized spacial score (nSPS) is 16.0. The first kappa shape index (κ1) is 18.8. The number of hydrogen-bond donors (Lipinski definition) is 4. The molecule has 1 atom stereocenters. The number of aromatic hydroxyl groups is 1. The van der Waals surface area contributed by atoms with E-state index in [2.05, 4.69) is 21.4 Å². The number of benzene rings is 2. The van der Waals surface area contributed by atoms with Crippen LogP contribution in [0.1, 0.15) is 34.0 Å². The lowest BCUT2D eigenvalue weighted by Crippen LogP contribution is -2.35. The van der Waals surface area contributed by atoms with Crippen molar-refractivity contribution >= 4 is 23.1 Å². The number of hydrogen-bond acceptors (Lipinski definition) is 4. The van der Waals surface area contributed by atoms with Gasteiger partial charge in [0.1, 0.15) is 5.56 Å². The molecule has 30 heavy (non-hydrogen) atoms. The Morgan fingerprint density at radius 2 is 1.93 bits per heavy atom. The van der Waals surface area contributed by atoms with Gasteiger partial charge in [0.15, 0.2) is 4.77 Å². The Morgan fingerprint density at radius 1 is 1.13 bits per heavy atom. The van der Waals surface area contributed by atoms with Crippen LogP contribution in [0.3, 0.4) is 0 Å². The summed E-state index contributed by atoms with van der Waals surface area (Å²) in [5.74, 6) is -0.138. The highest BCUT2D eigenvalue weighted by molar-refractivity contribution is 7.71. The van der Waals surface area contributed by atoms with Crippen molar-refractivity contribution in [2.24, 2.45) is 0 Å². The van der Waals surface area contributed by atoms with E-state index in [4.69, 9.17) is 12.2 Å². The summed E-state index contributed by atoms with van der Waals surface area (Å²) in [6.07, 6.45) is 0.852. The number of aromatic amines is 2. The van der Waals surface area contributed by atoms with E-state index in [-0.39, 0.29) is 21.8 Å². The average molecular weight is 419 g/mol. The molecule has 0 aliphatic carbocycles. The van der Waals surface area contributed by atoms with Crippen LogP contribution in [0.15, 0.2) is 47.3 Å². The third-order valence-corrected chi connectivity index (χ3v) is 6.16. The molecule has 4 N–H and O–H groups in total. The van der Waals surface area contributed by atoms with Crippen molar-refractivity contribution < 1.29 is 5.11 Å². The van der Waals surface area contributed by atoms with E-state index >= 15 is 0 Å². The summed E-state index contributed by atoms with van der Waals surface area (Å²) in [5.41, 5.74) is 5.73. The molecule has 6 nitrogen and oxygen atoms in total. The Labute approximate surface area is 178 Å². The maximum atomic E-state index is 13.0. The zero-order chi connectivity index (χ0) is 21.0. The fourth-order valence-electron chi connectivity index (χ4n) is 4.41. The third kappa shape index (κ3) is 2.81. The maximum absolute atomic E-state index is 13.0. The Balaban J connectivity index is 1.77. The minimum Gasteiger partial charge on any atom is -0.494 e. The fourth-order valence-corrected chi connectivity index (χ4v) is 4.69. The highest BCUT2D eigenvalue weighted by Gasteiger charge is 2.31. The predicted octanol–water partition coefficient (Wildman–Crippen LogP) is 3.93. The van der Waals surface area contributed by atoms with E-state index in [1.807, 2.05) is 50.2 Å². The van der Waals surface area contributed by atoms with E-state index in [1.54, 1.807) is 4.57 Å². The van der Waals surface area contributed by atoms with Gasteiger partial charge in [0, 0.05) is 23.1 Å². The third-order valence-electron chi connectivity index (χ3n) is 5.87. The van der Waals surface area contributed by atoms with Gasteiger partial charge in [-0.15, -0.1) is 0 Å². The predicted molar refractivity (Wildman–Crippen MR) is 120 cm³/mol.